The number of nitrogens with one attached hydrogen (secondary N) is 2. The van der Waals surface area contributed by atoms with E-state index in [1.165, 1.54) is 0 Å². The van der Waals surface area contributed by atoms with Crippen molar-refractivity contribution in [1.29, 1.82) is 0 Å². The highest BCUT2D eigenvalue weighted by Crippen LogP contribution is 2.02. The molecule has 0 fully saturated rings. The number of nitrogens with zero attached hydrogens (tertiary/aromatic N) is 2. The Morgan fingerprint density at radius 3 is 2.25 bits per heavy atom. The molecule has 0 aromatic carbocycles. The van der Waals surface area contributed by atoms with E-state index in [0.29, 0.717) is 19.0 Å². The smallest absolute Gasteiger partial charge is 0.270 e. The molecule has 0 saturated carbocycles. The van der Waals surface area contributed by atoms with Crippen molar-refractivity contribution in [3.63, 3.8) is 0 Å². The Bertz CT molecular complexity index is 686. The van der Waals surface area contributed by atoms with Gasteiger partial charge in [-0.1, -0.05) is 19.9 Å². The quantitative estimate of drug-likeness (QED) is 0.817. The largest absolute Gasteiger partial charge is 0.351 e. The third-order valence-corrected chi connectivity index (χ3v) is 3.42. The van der Waals surface area contributed by atoms with E-state index in [2.05, 4.69) is 34.4 Å². The van der Waals surface area contributed by atoms with Crippen molar-refractivity contribution < 1.29 is 9.59 Å². The van der Waals surface area contributed by atoms with Gasteiger partial charge in [0.1, 0.15) is 11.4 Å². The molecular formula is C18H22N4O2. The Hall–Kier alpha value is -2.76. The fraction of sp³-hybridized carbons (Fsp3) is 0.333. The fourth-order valence-electron chi connectivity index (χ4n) is 2.03. The molecule has 0 spiro atoms. The summed E-state index contributed by atoms with van der Waals surface area (Å²) in [5.74, 6) is -0.0633. The van der Waals surface area contributed by atoms with Gasteiger partial charge in [0.15, 0.2) is 0 Å². The summed E-state index contributed by atoms with van der Waals surface area (Å²) < 4.78 is 0. The maximum atomic E-state index is 12.2. The minimum absolute atomic E-state index is 0.223. The summed E-state index contributed by atoms with van der Waals surface area (Å²) in [6.07, 6.45) is 4.24. The second-order valence-electron chi connectivity index (χ2n) is 5.88. The Morgan fingerprint density at radius 1 is 1.00 bits per heavy atom. The number of hydrogen-bond donors (Lipinski definition) is 2. The lowest BCUT2D eigenvalue weighted by atomic mass is 10.1. The van der Waals surface area contributed by atoms with Crippen LogP contribution in [0.2, 0.25) is 0 Å². The van der Waals surface area contributed by atoms with E-state index in [9.17, 15) is 9.59 Å². The molecule has 0 aliphatic heterocycles. The van der Waals surface area contributed by atoms with Crippen LogP contribution >= 0.6 is 0 Å². The van der Waals surface area contributed by atoms with Crippen LogP contribution in [0.3, 0.4) is 0 Å². The maximum absolute atomic E-state index is 12.2. The predicted molar refractivity (Wildman–Crippen MR) is 91.4 cm³/mol. The first-order valence-corrected chi connectivity index (χ1v) is 7.98. The van der Waals surface area contributed by atoms with Gasteiger partial charge in [-0.3, -0.25) is 14.6 Å². The molecule has 0 unspecified atom stereocenters. The molecule has 2 rings (SSSR count). The molecule has 0 aliphatic rings. The lowest BCUT2D eigenvalue weighted by Crippen LogP contribution is -2.28. The van der Waals surface area contributed by atoms with Gasteiger partial charge >= 0.3 is 0 Å². The zero-order chi connectivity index (χ0) is 17.4. The van der Waals surface area contributed by atoms with Gasteiger partial charge < -0.3 is 10.6 Å². The molecule has 6 heteroatoms. The SMILES string of the molecule is CC(C)CCNC(=O)c1cccc(C(=O)NCc2ccncc2)n1. The van der Waals surface area contributed by atoms with Crippen LogP contribution < -0.4 is 10.6 Å². The number of amides is 2. The summed E-state index contributed by atoms with van der Waals surface area (Å²) in [4.78, 5) is 32.3. The van der Waals surface area contributed by atoms with Crippen LogP contribution in [0, 0.1) is 5.92 Å². The number of carbonyl (C=O) groups is 2. The van der Waals surface area contributed by atoms with Gasteiger partial charge in [-0.05, 0) is 42.2 Å². The van der Waals surface area contributed by atoms with Crippen LogP contribution in [0.4, 0.5) is 0 Å². The zero-order valence-corrected chi connectivity index (χ0v) is 14.0. The molecule has 0 radical (unpaired) electrons. The third-order valence-electron chi connectivity index (χ3n) is 3.42. The molecule has 0 atom stereocenters. The van der Waals surface area contributed by atoms with Crippen LogP contribution in [0.25, 0.3) is 0 Å². The van der Waals surface area contributed by atoms with Gasteiger partial charge in [-0.15, -0.1) is 0 Å². The van der Waals surface area contributed by atoms with Gasteiger partial charge in [0.05, 0.1) is 0 Å². The first kappa shape index (κ1) is 17.6. The summed E-state index contributed by atoms with van der Waals surface area (Å²) >= 11 is 0. The van der Waals surface area contributed by atoms with Gasteiger partial charge in [0, 0.05) is 25.5 Å². The number of rotatable bonds is 7. The topological polar surface area (TPSA) is 84.0 Å². The second kappa shape index (κ2) is 8.76. The summed E-state index contributed by atoms with van der Waals surface area (Å²) in [5.41, 5.74) is 1.41. The van der Waals surface area contributed by atoms with Crippen LogP contribution in [-0.2, 0) is 6.54 Å². The molecule has 126 valence electrons. The lowest BCUT2D eigenvalue weighted by Gasteiger charge is -2.08. The number of pyridine rings is 2. The number of hydrogen-bond acceptors (Lipinski definition) is 4. The Balaban J connectivity index is 1.93. The summed E-state index contributed by atoms with van der Waals surface area (Å²) in [6, 6.07) is 8.50. The number of aromatic nitrogens is 2. The van der Waals surface area contributed by atoms with Crippen molar-refractivity contribution in [2.24, 2.45) is 5.92 Å². The van der Waals surface area contributed by atoms with Crippen molar-refractivity contribution in [3.05, 3.63) is 59.7 Å². The molecular weight excluding hydrogens is 304 g/mol. The molecule has 0 aliphatic carbocycles. The minimum Gasteiger partial charge on any atom is -0.351 e. The van der Waals surface area contributed by atoms with Crippen LogP contribution in [-0.4, -0.2) is 28.3 Å². The highest BCUT2D eigenvalue weighted by Gasteiger charge is 2.12. The van der Waals surface area contributed by atoms with Crippen LogP contribution in [0.1, 0.15) is 46.8 Å². The molecule has 0 bridgehead atoms. The van der Waals surface area contributed by atoms with E-state index in [4.69, 9.17) is 0 Å². The minimum atomic E-state index is -0.316. The Kier molecular flexibility index (Phi) is 6.42. The van der Waals surface area contributed by atoms with E-state index < -0.39 is 0 Å². The Morgan fingerprint density at radius 2 is 1.62 bits per heavy atom. The molecule has 0 saturated heterocycles. The molecule has 2 amide bonds. The monoisotopic (exact) mass is 326 g/mol. The second-order valence-corrected chi connectivity index (χ2v) is 5.88. The molecule has 2 aromatic heterocycles. The van der Waals surface area contributed by atoms with Crippen molar-refractivity contribution >= 4 is 11.8 Å². The first-order chi connectivity index (χ1) is 11.6. The average molecular weight is 326 g/mol. The van der Waals surface area contributed by atoms with Gasteiger partial charge in [0.25, 0.3) is 11.8 Å². The summed E-state index contributed by atoms with van der Waals surface area (Å²) in [6.45, 7) is 5.17. The van der Waals surface area contributed by atoms with E-state index in [-0.39, 0.29) is 23.2 Å². The normalized spacial score (nSPS) is 10.5. The molecule has 6 nitrogen and oxygen atoms in total. The van der Waals surface area contributed by atoms with E-state index in [0.717, 1.165) is 12.0 Å². The highest BCUT2D eigenvalue weighted by molar-refractivity contribution is 5.96. The predicted octanol–water partition coefficient (Wildman–Crippen LogP) is 2.18. The van der Waals surface area contributed by atoms with Crippen molar-refractivity contribution in [2.75, 3.05) is 6.54 Å². The van der Waals surface area contributed by atoms with Crippen LogP contribution in [0.5, 0.6) is 0 Å². The number of carbonyl (C=O) groups excluding carboxylic acids is 2. The van der Waals surface area contributed by atoms with Gasteiger partial charge in [-0.2, -0.15) is 0 Å². The van der Waals surface area contributed by atoms with Gasteiger partial charge in [0.2, 0.25) is 0 Å². The van der Waals surface area contributed by atoms with E-state index in [1.807, 2.05) is 12.1 Å². The molecule has 2 N–H and O–H groups in total. The molecule has 2 aromatic rings. The highest BCUT2D eigenvalue weighted by atomic mass is 16.2. The van der Waals surface area contributed by atoms with Crippen molar-refractivity contribution in [3.8, 4) is 0 Å². The van der Waals surface area contributed by atoms with E-state index >= 15 is 0 Å². The van der Waals surface area contributed by atoms with Gasteiger partial charge in [-0.25, -0.2) is 4.98 Å². The van der Waals surface area contributed by atoms with Crippen LogP contribution in [0.15, 0.2) is 42.7 Å². The van der Waals surface area contributed by atoms with E-state index in [1.54, 1.807) is 30.6 Å². The average Bonchev–Trinajstić information content (AvgIpc) is 2.60. The third kappa shape index (κ3) is 5.46. The zero-order valence-electron chi connectivity index (χ0n) is 14.0. The van der Waals surface area contributed by atoms with Crippen molar-refractivity contribution in [1.82, 2.24) is 20.6 Å². The summed E-state index contributed by atoms with van der Waals surface area (Å²) in [7, 11) is 0. The maximum Gasteiger partial charge on any atom is 0.270 e. The lowest BCUT2D eigenvalue weighted by molar-refractivity contribution is 0.0942. The Labute approximate surface area is 141 Å². The standard InChI is InChI=1S/C18H22N4O2/c1-13(2)6-11-20-17(23)15-4-3-5-16(22-15)18(24)21-12-14-7-9-19-10-8-14/h3-5,7-10,13H,6,11-12H2,1-2H3,(H,20,23)(H,21,24). The summed E-state index contributed by atoms with van der Waals surface area (Å²) in [5, 5.41) is 5.59. The molecule has 24 heavy (non-hydrogen) atoms. The molecule has 2 heterocycles. The van der Waals surface area contributed by atoms with Crippen molar-refractivity contribution in [2.45, 2.75) is 26.8 Å². The fourth-order valence-corrected chi connectivity index (χ4v) is 2.03. The first-order valence-electron chi connectivity index (χ1n) is 7.98.